The highest BCUT2D eigenvalue weighted by Gasteiger charge is 2.09. The van der Waals surface area contributed by atoms with E-state index >= 15 is 0 Å². The van der Waals surface area contributed by atoms with Gasteiger partial charge in [-0.3, -0.25) is 9.59 Å². The smallest absolute Gasteiger partial charge is 0.304 e. The minimum absolute atomic E-state index is 0.158. The maximum absolute atomic E-state index is 11.9. The molecule has 21 heavy (non-hydrogen) atoms. The van der Waals surface area contributed by atoms with Crippen LogP contribution in [0, 0.1) is 0 Å². The summed E-state index contributed by atoms with van der Waals surface area (Å²) in [5, 5.41) is 15.5. The van der Waals surface area contributed by atoms with Crippen molar-refractivity contribution < 1.29 is 14.7 Å². The van der Waals surface area contributed by atoms with Gasteiger partial charge >= 0.3 is 5.97 Å². The number of aliphatic carboxylic acids is 1. The molecule has 0 atom stereocenters. The number of carbonyl (C=O) groups is 2. The maximum Gasteiger partial charge on any atom is 0.304 e. The number of fused-ring (bicyclic) bond motifs is 1. The van der Waals surface area contributed by atoms with Crippen LogP contribution in [0.2, 0.25) is 0 Å². The molecule has 0 aliphatic heterocycles. The van der Waals surface area contributed by atoms with Gasteiger partial charge in [0.15, 0.2) is 5.69 Å². The Morgan fingerprint density at radius 2 is 2.10 bits per heavy atom. The van der Waals surface area contributed by atoms with E-state index in [1.54, 1.807) is 27.6 Å². The van der Waals surface area contributed by atoms with Crippen molar-refractivity contribution in [3.63, 3.8) is 0 Å². The van der Waals surface area contributed by atoms with Crippen LogP contribution in [-0.2, 0) is 4.79 Å². The van der Waals surface area contributed by atoms with E-state index in [9.17, 15) is 9.59 Å². The van der Waals surface area contributed by atoms with E-state index in [2.05, 4.69) is 10.4 Å². The van der Waals surface area contributed by atoms with E-state index in [0.29, 0.717) is 18.0 Å². The average Bonchev–Trinajstić information content (AvgIpc) is 2.89. The minimum atomic E-state index is -0.789. The van der Waals surface area contributed by atoms with Crippen LogP contribution in [0.25, 0.3) is 5.52 Å². The van der Waals surface area contributed by atoms with Gasteiger partial charge in [0, 0.05) is 24.2 Å². The number of pyridine rings is 1. The molecular formula is C13H15N3O3S2. The SMILES string of the molecule is O=C(O)CCSSCCNC(=O)c1cc2ccccn2n1. The second-order valence-corrected chi connectivity index (χ2v) is 6.85. The molecule has 0 unspecified atom stereocenters. The van der Waals surface area contributed by atoms with Crippen molar-refractivity contribution in [1.82, 2.24) is 14.9 Å². The van der Waals surface area contributed by atoms with Crippen molar-refractivity contribution in [2.24, 2.45) is 0 Å². The summed E-state index contributed by atoms with van der Waals surface area (Å²) in [7, 11) is 3.05. The molecule has 0 aliphatic carbocycles. The molecule has 6 nitrogen and oxygen atoms in total. The molecule has 0 saturated carbocycles. The molecular weight excluding hydrogens is 310 g/mol. The summed E-state index contributed by atoms with van der Waals surface area (Å²) < 4.78 is 1.66. The molecule has 2 N–H and O–H groups in total. The molecule has 112 valence electrons. The molecule has 0 aliphatic rings. The first kappa shape index (κ1) is 15.7. The molecule has 0 bridgehead atoms. The summed E-state index contributed by atoms with van der Waals surface area (Å²) in [5.41, 5.74) is 1.27. The Labute approximate surface area is 129 Å². The van der Waals surface area contributed by atoms with Crippen molar-refractivity contribution in [1.29, 1.82) is 0 Å². The molecule has 2 heterocycles. The third kappa shape index (κ3) is 4.98. The van der Waals surface area contributed by atoms with E-state index < -0.39 is 5.97 Å². The molecule has 0 spiro atoms. The molecule has 8 heteroatoms. The monoisotopic (exact) mass is 325 g/mol. The van der Waals surface area contributed by atoms with Gasteiger partial charge in [0.05, 0.1) is 11.9 Å². The maximum atomic E-state index is 11.9. The van der Waals surface area contributed by atoms with Crippen molar-refractivity contribution in [3.05, 3.63) is 36.2 Å². The summed E-state index contributed by atoms with van der Waals surface area (Å²) in [5.74, 6) is 0.308. The van der Waals surface area contributed by atoms with E-state index in [4.69, 9.17) is 5.11 Å². The number of hydrogen-bond acceptors (Lipinski definition) is 5. The Balaban J connectivity index is 1.69. The fraction of sp³-hybridized carbons (Fsp3) is 0.308. The lowest BCUT2D eigenvalue weighted by Crippen LogP contribution is -2.26. The van der Waals surface area contributed by atoms with Gasteiger partial charge < -0.3 is 10.4 Å². The molecule has 0 aromatic carbocycles. The number of carboxylic acids is 1. The van der Waals surface area contributed by atoms with Crippen LogP contribution >= 0.6 is 21.6 Å². The van der Waals surface area contributed by atoms with Crippen LogP contribution in [-0.4, -0.2) is 44.6 Å². The van der Waals surface area contributed by atoms with Crippen LogP contribution in [0.15, 0.2) is 30.5 Å². The minimum Gasteiger partial charge on any atom is -0.481 e. The number of nitrogens with one attached hydrogen (secondary N) is 1. The molecule has 2 rings (SSSR count). The van der Waals surface area contributed by atoms with E-state index in [1.807, 2.05) is 18.2 Å². The van der Waals surface area contributed by atoms with Gasteiger partial charge in [0.2, 0.25) is 0 Å². The summed E-state index contributed by atoms with van der Waals surface area (Å²) in [6.07, 6.45) is 1.95. The van der Waals surface area contributed by atoms with Crippen molar-refractivity contribution >= 4 is 39.0 Å². The molecule has 2 aromatic heterocycles. The summed E-state index contributed by atoms with van der Waals surface area (Å²) in [4.78, 5) is 22.2. The first-order valence-electron chi connectivity index (χ1n) is 6.35. The number of carboxylic acid groups (broad SMARTS) is 1. The van der Waals surface area contributed by atoms with Crippen LogP contribution in [0.5, 0.6) is 0 Å². The third-order valence-electron chi connectivity index (χ3n) is 2.56. The fourth-order valence-electron chi connectivity index (χ4n) is 1.59. The number of carbonyl (C=O) groups excluding carboxylic acids is 1. The normalized spacial score (nSPS) is 10.7. The van der Waals surface area contributed by atoms with Crippen LogP contribution in [0.1, 0.15) is 16.9 Å². The Morgan fingerprint density at radius 3 is 2.86 bits per heavy atom. The number of nitrogens with zero attached hydrogens (tertiary/aromatic N) is 2. The predicted octanol–water partition coefficient (Wildman–Crippen LogP) is 1.92. The van der Waals surface area contributed by atoms with Gasteiger partial charge in [-0.1, -0.05) is 27.7 Å². The Kier molecular flexibility index (Phi) is 5.94. The summed E-state index contributed by atoms with van der Waals surface area (Å²) >= 11 is 0. The van der Waals surface area contributed by atoms with Gasteiger partial charge in [-0.2, -0.15) is 5.10 Å². The van der Waals surface area contributed by atoms with Crippen LogP contribution < -0.4 is 5.32 Å². The van der Waals surface area contributed by atoms with Gasteiger partial charge in [0.1, 0.15) is 0 Å². The highest BCUT2D eigenvalue weighted by atomic mass is 33.1. The summed E-state index contributed by atoms with van der Waals surface area (Å²) in [6, 6.07) is 7.37. The van der Waals surface area contributed by atoms with Crippen molar-refractivity contribution in [2.75, 3.05) is 18.1 Å². The van der Waals surface area contributed by atoms with Gasteiger partial charge in [-0.15, -0.1) is 0 Å². The summed E-state index contributed by atoms with van der Waals surface area (Å²) in [6.45, 7) is 0.525. The highest BCUT2D eigenvalue weighted by Crippen LogP contribution is 2.20. The quantitative estimate of drug-likeness (QED) is 0.570. The zero-order valence-electron chi connectivity index (χ0n) is 11.2. The van der Waals surface area contributed by atoms with Crippen LogP contribution in [0.3, 0.4) is 0 Å². The second kappa shape index (κ2) is 7.94. The molecule has 0 fully saturated rings. The number of hydrogen-bond donors (Lipinski definition) is 2. The largest absolute Gasteiger partial charge is 0.481 e. The van der Waals surface area contributed by atoms with Crippen molar-refractivity contribution in [3.8, 4) is 0 Å². The Morgan fingerprint density at radius 1 is 1.29 bits per heavy atom. The highest BCUT2D eigenvalue weighted by molar-refractivity contribution is 8.76. The third-order valence-corrected chi connectivity index (χ3v) is 4.96. The number of rotatable bonds is 8. The molecule has 1 amide bonds. The second-order valence-electron chi connectivity index (χ2n) is 4.14. The number of aromatic nitrogens is 2. The lowest BCUT2D eigenvalue weighted by Gasteiger charge is -2.02. The Bertz CT molecular complexity index is 597. The van der Waals surface area contributed by atoms with Gasteiger partial charge in [0.25, 0.3) is 5.91 Å². The standard InChI is InChI=1S/C13H15N3O3S2/c17-12(18)4-7-20-21-8-5-14-13(19)11-9-10-3-1-2-6-16(10)15-11/h1-3,6,9H,4-5,7-8H2,(H,14,19)(H,17,18). The molecule has 2 aromatic rings. The van der Waals surface area contributed by atoms with Gasteiger partial charge in [-0.05, 0) is 18.2 Å². The average molecular weight is 325 g/mol. The lowest BCUT2D eigenvalue weighted by molar-refractivity contribution is -0.136. The number of amides is 1. The topological polar surface area (TPSA) is 83.7 Å². The first-order valence-corrected chi connectivity index (χ1v) is 8.84. The van der Waals surface area contributed by atoms with Crippen molar-refractivity contribution in [2.45, 2.75) is 6.42 Å². The van der Waals surface area contributed by atoms with Crippen LogP contribution in [0.4, 0.5) is 0 Å². The zero-order chi connectivity index (χ0) is 15.1. The predicted molar refractivity (Wildman–Crippen MR) is 84.7 cm³/mol. The Hall–Kier alpha value is -1.67. The van der Waals surface area contributed by atoms with Gasteiger partial charge in [-0.25, -0.2) is 4.52 Å². The fourth-order valence-corrected chi connectivity index (χ4v) is 3.48. The van der Waals surface area contributed by atoms with E-state index in [0.717, 1.165) is 11.3 Å². The first-order chi connectivity index (χ1) is 10.2. The lowest BCUT2D eigenvalue weighted by atomic mass is 10.3. The zero-order valence-corrected chi connectivity index (χ0v) is 12.8. The van der Waals surface area contributed by atoms with E-state index in [-0.39, 0.29) is 12.3 Å². The molecule has 0 radical (unpaired) electrons. The van der Waals surface area contributed by atoms with E-state index in [1.165, 1.54) is 10.8 Å². The molecule has 0 saturated heterocycles.